The van der Waals surface area contributed by atoms with E-state index in [1.165, 1.54) is 18.5 Å². The van der Waals surface area contributed by atoms with Gasteiger partial charge in [-0.2, -0.15) is 26.3 Å². The molecule has 0 radical (unpaired) electrons. The number of rotatable bonds is 4. The number of benzene rings is 1. The molecule has 0 spiro atoms. The first-order valence-electron chi connectivity index (χ1n) is 10.1. The minimum Gasteiger partial charge on any atom is -0.308 e. The monoisotopic (exact) mass is 504 g/mol. The number of aromatic nitrogens is 4. The summed E-state index contributed by atoms with van der Waals surface area (Å²) in [6, 6.07) is 8.20. The molecule has 3 heterocycles. The molecule has 0 aliphatic carbocycles. The smallest absolute Gasteiger partial charge is 0.308 e. The number of halogens is 6. The lowest BCUT2D eigenvalue weighted by molar-refractivity contribution is -0.143. The van der Waals surface area contributed by atoms with Crippen molar-refractivity contribution in [2.75, 3.05) is 10.6 Å². The number of amides is 2. The van der Waals surface area contributed by atoms with E-state index < -0.39 is 35.2 Å². The molecule has 0 fully saturated rings. The van der Waals surface area contributed by atoms with Gasteiger partial charge in [-0.05, 0) is 48.5 Å². The number of pyridine rings is 2. The minimum atomic E-state index is -5.05. The average Bonchev–Trinajstić information content (AvgIpc) is 2.83. The van der Waals surface area contributed by atoms with Crippen LogP contribution in [0, 0.1) is 0 Å². The number of nitrogens with zero attached hydrogens (tertiary/aromatic N) is 4. The maximum atomic E-state index is 13.0. The van der Waals surface area contributed by atoms with E-state index in [1.807, 2.05) is 11.4 Å². The van der Waals surface area contributed by atoms with E-state index in [-0.39, 0.29) is 12.0 Å². The Morgan fingerprint density at radius 3 is 2.00 bits per heavy atom. The highest BCUT2D eigenvalue weighted by Crippen LogP contribution is 2.37. The molecule has 2 N–H and O–H groups in total. The summed E-state index contributed by atoms with van der Waals surface area (Å²) in [4.78, 5) is 28.6. The Labute approximate surface area is 199 Å². The molecule has 0 atom stereocenters. The van der Waals surface area contributed by atoms with Gasteiger partial charge in [0.2, 0.25) is 5.95 Å². The number of urea groups is 1. The number of hydrogen-bond acceptors (Lipinski definition) is 5. The van der Waals surface area contributed by atoms with Crippen molar-refractivity contribution in [1.29, 1.82) is 0 Å². The third kappa shape index (κ3) is 5.92. The topological polar surface area (TPSA) is 92.7 Å². The molecule has 4 rings (SSSR count). The van der Waals surface area contributed by atoms with Crippen LogP contribution in [0.5, 0.6) is 0 Å². The molecular formula is C23H14F6N6O. The zero-order valence-electron chi connectivity index (χ0n) is 17.9. The summed E-state index contributed by atoms with van der Waals surface area (Å²) in [6.45, 7) is 0. The standard InChI is InChI=1S/C23H14F6N6O/c24-22(25,26)15-8-16(23(27,28)29)10-17(9-15)33-21(36)35-20-31-7-5-19(34-20)14-3-4-18(32-12-14)13-2-1-6-30-11-13/h1-12H,(H2,31,33,34,35,36). The summed E-state index contributed by atoms with van der Waals surface area (Å²) in [7, 11) is 0. The van der Waals surface area contributed by atoms with E-state index in [2.05, 4.69) is 25.3 Å². The largest absolute Gasteiger partial charge is 0.416 e. The molecule has 36 heavy (non-hydrogen) atoms. The lowest BCUT2D eigenvalue weighted by atomic mass is 10.1. The fourth-order valence-electron chi connectivity index (χ4n) is 3.10. The summed E-state index contributed by atoms with van der Waals surface area (Å²) in [5.41, 5.74) is -1.43. The van der Waals surface area contributed by atoms with Crippen molar-refractivity contribution in [3.63, 3.8) is 0 Å². The molecule has 184 valence electrons. The quantitative estimate of drug-likeness (QED) is 0.319. The third-order valence-electron chi connectivity index (χ3n) is 4.74. The number of alkyl halides is 6. The van der Waals surface area contributed by atoms with Crippen LogP contribution < -0.4 is 10.6 Å². The van der Waals surface area contributed by atoms with Crippen molar-refractivity contribution >= 4 is 17.7 Å². The van der Waals surface area contributed by atoms with Crippen LogP contribution in [-0.4, -0.2) is 26.0 Å². The number of nitrogens with one attached hydrogen (secondary N) is 2. The highest BCUT2D eigenvalue weighted by Gasteiger charge is 2.37. The van der Waals surface area contributed by atoms with E-state index in [0.717, 1.165) is 5.56 Å². The van der Waals surface area contributed by atoms with Gasteiger partial charge in [-0.25, -0.2) is 14.8 Å². The highest BCUT2D eigenvalue weighted by atomic mass is 19.4. The summed E-state index contributed by atoms with van der Waals surface area (Å²) < 4.78 is 78.1. The molecule has 0 unspecified atom stereocenters. The number of carbonyl (C=O) groups excluding carboxylic acids is 1. The molecule has 3 aromatic heterocycles. The average molecular weight is 504 g/mol. The van der Waals surface area contributed by atoms with Crippen molar-refractivity contribution in [2.45, 2.75) is 12.4 Å². The van der Waals surface area contributed by atoms with Crippen molar-refractivity contribution in [2.24, 2.45) is 0 Å². The van der Waals surface area contributed by atoms with E-state index >= 15 is 0 Å². The van der Waals surface area contributed by atoms with Crippen molar-refractivity contribution in [3.05, 3.63) is 84.4 Å². The van der Waals surface area contributed by atoms with E-state index in [9.17, 15) is 31.1 Å². The molecule has 4 aromatic rings. The summed E-state index contributed by atoms with van der Waals surface area (Å²) in [5.74, 6) is -0.232. The van der Waals surface area contributed by atoms with Gasteiger partial charge in [0.1, 0.15) is 0 Å². The number of hydrogen-bond donors (Lipinski definition) is 2. The lowest BCUT2D eigenvalue weighted by Gasteiger charge is -2.15. The Hall–Kier alpha value is -4.55. The SMILES string of the molecule is O=C(Nc1cc(C(F)(F)F)cc(C(F)(F)F)c1)Nc1nccc(-c2ccc(-c3cccnc3)nc2)n1. The first-order valence-corrected chi connectivity index (χ1v) is 10.1. The van der Waals surface area contributed by atoms with Gasteiger partial charge in [-0.15, -0.1) is 0 Å². The molecule has 2 amide bonds. The fraction of sp³-hybridized carbons (Fsp3) is 0.0870. The van der Waals surface area contributed by atoms with Gasteiger partial charge in [0.25, 0.3) is 0 Å². The van der Waals surface area contributed by atoms with E-state index in [4.69, 9.17) is 0 Å². The molecule has 7 nitrogen and oxygen atoms in total. The lowest BCUT2D eigenvalue weighted by Crippen LogP contribution is -2.22. The molecular weight excluding hydrogens is 490 g/mol. The zero-order valence-corrected chi connectivity index (χ0v) is 17.9. The van der Waals surface area contributed by atoms with Crippen LogP contribution in [0.25, 0.3) is 22.5 Å². The highest BCUT2D eigenvalue weighted by molar-refractivity contribution is 5.98. The van der Waals surface area contributed by atoms with E-state index in [1.54, 1.807) is 30.6 Å². The Balaban J connectivity index is 1.51. The molecule has 0 bridgehead atoms. The Morgan fingerprint density at radius 2 is 1.42 bits per heavy atom. The van der Waals surface area contributed by atoms with Gasteiger partial charge in [0.05, 0.1) is 22.5 Å². The Bertz CT molecular complexity index is 1340. The first kappa shape index (κ1) is 24.6. The normalized spacial score (nSPS) is 11.7. The van der Waals surface area contributed by atoms with Crippen LogP contribution >= 0.6 is 0 Å². The van der Waals surface area contributed by atoms with Crippen LogP contribution in [0.4, 0.5) is 42.8 Å². The van der Waals surface area contributed by atoms with Crippen LogP contribution in [0.3, 0.4) is 0 Å². The summed E-state index contributed by atoms with van der Waals surface area (Å²) >= 11 is 0. The summed E-state index contributed by atoms with van der Waals surface area (Å²) in [6.07, 6.45) is -3.96. The fourth-order valence-corrected chi connectivity index (χ4v) is 3.10. The predicted molar refractivity (Wildman–Crippen MR) is 118 cm³/mol. The molecule has 0 aliphatic heterocycles. The van der Waals surface area contributed by atoms with Gasteiger partial charge < -0.3 is 5.32 Å². The predicted octanol–water partition coefficient (Wildman–Crippen LogP) is 6.28. The zero-order chi connectivity index (χ0) is 25.9. The van der Waals surface area contributed by atoms with Gasteiger partial charge >= 0.3 is 18.4 Å². The molecule has 1 aromatic carbocycles. The third-order valence-corrected chi connectivity index (χ3v) is 4.74. The molecule has 0 saturated carbocycles. The number of anilines is 2. The molecule has 13 heteroatoms. The van der Waals surface area contributed by atoms with Crippen LogP contribution in [-0.2, 0) is 12.4 Å². The van der Waals surface area contributed by atoms with Gasteiger partial charge in [0, 0.05) is 41.6 Å². The second kappa shape index (κ2) is 9.60. The van der Waals surface area contributed by atoms with Crippen molar-refractivity contribution in [3.8, 4) is 22.5 Å². The summed E-state index contributed by atoms with van der Waals surface area (Å²) in [5, 5.41) is 4.14. The maximum absolute atomic E-state index is 13.0. The van der Waals surface area contributed by atoms with Crippen LogP contribution in [0.2, 0.25) is 0 Å². The second-order valence-electron chi connectivity index (χ2n) is 7.31. The van der Waals surface area contributed by atoms with Gasteiger partial charge in [0.15, 0.2) is 0 Å². The maximum Gasteiger partial charge on any atom is 0.416 e. The van der Waals surface area contributed by atoms with Gasteiger partial charge in [-0.3, -0.25) is 15.3 Å². The van der Waals surface area contributed by atoms with Gasteiger partial charge in [-0.1, -0.05) is 0 Å². The number of carbonyl (C=O) groups is 1. The second-order valence-corrected chi connectivity index (χ2v) is 7.31. The van der Waals surface area contributed by atoms with Crippen molar-refractivity contribution in [1.82, 2.24) is 19.9 Å². The Kier molecular flexibility index (Phi) is 6.55. The minimum absolute atomic E-state index is 0.0384. The molecule has 0 aliphatic rings. The Morgan fingerprint density at radius 1 is 0.722 bits per heavy atom. The van der Waals surface area contributed by atoms with Crippen LogP contribution in [0.1, 0.15) is 11.1 Å². The molecule has 0 saturated heterocycles. The van der Waals surface area contributed by atoms with E-state index in [0.29, 0.717) is 29.1 Å². The first-order chi connectivity index (χ1) is 17.0. The van der Waals surface area contributed by atoms with Crippen LogP contribution in [0.15, 0.2) is 73.3 Å². The van der Waals surface area contributed by atoms with Crippen molar-refractivity contribution < 1.29 is 31.1 Å².